The van der Waals surface area contributed by atoms with Gasteiger partial charge >= 0.3 is 6.18 Å². The molecule has 158 valence electrons. The number of alkyl halides is 3. The van der Waals surface area contributed by atoms with E-state index in [4.69, 9.17) is 4.74 Å². The Morgan fingerprint density at radius 2 is 1.93 bits per heavy atom. The Bertz CT molecular complexity index is 908. The number of aryl methyl sites for hydroxylation is 1. The van der Waals surface area contributed by atoms with Crippen LogP contribution in [0.4, 0.5) is 22.0 Å². The lowest BCUT2D eigenvalue weighted by atomic mass is 9.83. The molecule has 1 atom stereocenters. The molecule has 1 unspecified atom stereocenters. The van der Waals surface area contributed by atoms with Crippen LogP contribution in [0.15, 0.2) is 24.3 Å². The van der Waals surface area contributed by atoms with Crippen molar-refractivity contribution >= 4 is 11.9 Å². The summed E-state index contributed by atoms with van der Waals surface area (Å²) in [5.41, 5.74) is -1.94. The van der Waals surface area contributed by atoms with E-state index in [1.165, 1.54) is 6.07 Å². The predicted molar refractivity (Wildman–Crippen MR) is 100 cm³/mol. The van der Waals surface area contributed by atoms with Crippen molar-refractivity contribution in [2.45, 2.75) is 57.9 Å². The van der Waals surface area contributed by atoms with Crippen LogP contribution in [0, 0.1) is 12.7 Å². The fourth-order valence-electron chi connectivity index (χ4n) is 3.31. The van der Waals surface area contributed by atoms with Gasteiger partial charge in [-0.1, -0.05) is 12.1 Å². The van der Waals surface area contributed by atoms with Gasteiger partial charge in [0.25, 0.3) is 0 Å². The zero-order chi connectivity index (χ0) is 21.4. The fraction of sp³-hybridized carbons (Fsp3) is 0.476. The molecule has 1 saturated heterocycles. The number of ether oxygens (including phenoxy) is 1. The highest BCUT2D eigenvalue weighted by Crippen LogP contribution is 2.41. The summed E-state index contributed by atoms with van der Waals surface area (Å²) < 4.78 is 75.8. The van der Waals surface area contributed by atoms with Crippen LogP contribution in [0.3, 0.4) is 0 Å². The van der Waals surface area contributed by atoms with Crippen LogP contribution in [-0.4, -0.2) is 22.6 Å². The molecule has 0 radical (unpaired) electrons. The average Bonchev–Trinajstić information content (AvgIpc) is 3.03. The van der Waals surface area contributed by atoms with Crippen LogP contribution in [0.25, 0.3) is 11.9 Å². The van der Waals surface area contributed by atoms with Crippen LogP contribution in [-0.2, 0) is 10.2 Å². The minimum absolute atomic E-state index is 0.0665. The van der Waals surface area contributed by atoms with Gasteiger partial charge in [0.15, 0.2) is 5.83 Å². The van der Waals surface area contributed by atoms with E-state index in [9.17, 15) is 22.0 Å². The molecule has 0 aliphatic carbocycles. The van der Waals surface area contributed by atoms with Gasteiger partial charge in [-0.2, -0.15) is 18.3 Å². The maximum atomic E-state index is 14.7. The van der Waals surface area contributed by atoms with Crippen molar-refractivity contribution in [1.29, 1.82) is 0 Å². The second-order valence-electron chi connectivity index (χ2n) is 7.79. The monoisotopic (exact) mass is 414 g/mol. The highest BCUT2D eigenvalue weighted by molar-refractivity contribution is 5.75. The van der Waals surface area contributed by atoms with Crippen LogP contribution >= 0.6 is 0 Å². The van der Waals surface area contributed by atoms with E-state index in [0.29, 0.717) is 6.61 Å². The Morgan fingerprint density at radius 1 is 1.21 bits per heavy atom. The zero-order valence-electron chi connectivity index (χ0n) is 16.5. The lowest BCUT2D eigenvalue weighted by Crippen LogP contribution is -2.37. The summed E-state index contributed by atoms with van der Waals surface area (Å²) in [6.07, 6.45) is -1.04. The second kappa shape index (κ2) is 7.89. The predicted octanol–water partition coefficient (Wildman–Crippen LogP) is 6.34. The quantitative estimate of drug-likeness (QED) is 0.546. The first-order chi connectivity index (χ1) is 13.5. The summed E-state index contributed by atoms with van der Waals surface area (Å²) >= 11 is 0. The Labute approximate surface area is 166 Å². The van der Waals surface area contributed by atoms with Crippen molar-refractivity contribution in [3.05, 3.63) is 52.6 Å². The third-order valence-electron chi connectivity index (χ3n) is 5.26. The Balaban J connectivity index is 1.86. The second-order valence-corrected chi connectivity index (χ2v) is 7.79. The molecule has 0 amide bonds. The Hall–Kier alpha value is -2.22. The molecule has 1 fully saturated rings. The molecule has 0 bridgehead atoms. The van der Waals surface area contributed by atoms with Crippen molar-refractivity contribution in [2.24, 2.45) is 0 Å². The highest BCUT2D eigenvalue weighted by Gasteiger charge is 2.49. The number of hydrogen-bond acceptors (Lipinski definition) is 2. The van der Waals surface area contributed by atoms with Crippen LogP contribution in [0.1, 0.15) is 61.9 Å². The van der Waals surface area contributed by atoms with Crippen molar-refractivity contribution in [3.8, 4) is 0 Å². The SMILES string of the molecule is Cc1cc(C(F)=Cc2ccc(C(C)(C)C(F)(F)F)c(F)c2)nn1C1CCCCO1. The summed E-state index contributed by atoms with van der Waals surface area (Å²) in [6, 6.07) is 4.76. The van der Waals surface area contributed by atoms with Crippen molar-refractivity contribution < 1.29 is 26.7 Å². The minimum Gasteiger partial charge on any atom is -0.357 e. The third kappa shape index (κ3) is 4.37. The number of aromatic nitrogens is 2. The summed E-state index contributed by atoms with van der Waals surface area (Å²) in [4.78, 5) is 0. The smallest absolute Gasteiger partial charge is 0.357 e. The number of halogens is 5. The molecule has 1 aromatic carbocycles. The van der Waals surface area contributed by atoms with E-state index in [-0.39, 0.29) is 17.5 Å². The van der Waals surface area contributed by atoms with Gasteiger partial charge in [-0.25, -0.2) is 13.5 Å². The highest BCUT2D eigenvalue weighted by atomic mass is 19.4. The summed E-state index contributed by atoms with van der Waals surface area (Å²) in [7, 11) is 0. The van der Waals surface area contributed by atoms with Gasteiger partial charge in [-0.15, -0.1) is 0 Å². The Kier molecular flexibility index (Phi) is 5.85. The lowest BCUT2D eigenvalue weighted by Gasteiger charge is -2.28. The molecule has 0 spiro atoms. The molecular weight excluding hydrogens is 391 g/mol. The van der Waals surface area contributed by atoms with Gasteiger partial charge in [-0.3, -0.25) is 0 Å². The van der Waals surface area contributed by atoms with Crippen molar-refractivity contribution in [2.75, 3.05) is 6.61 Å². The van der Waals surface area contributed by atoms with Gasteiger partial charge in [0.05, 0.1) is 5.41 Å². The normalized spacial score (nSPS) is 18.9. The molecular formula is C21H23F5N2O. The van der Waals surface area contributed by atoms with E-state index >= 15 is 0 Å². The molecule has 1 aliphatic heterocycles. The molecule has 29 heavy (non-hydrogen) atoms. The first kappa shape index (κ1) is 21.5. The molecule has 2 heterocycles. The van der Waals surface area contributed by atoms with E-state index in [2.05, 4.69) is 5.10 Å². The van der Waals surface area contributed by atoms with E-state index in [1.807, 2.05) is 0 Å². The summed E-state index contributed by atoms with van der Waals surface area (Å²) in [5.74, 6) is -1.74. The number of rotatable bonds is 4. The third-order valence-corrected chi connectivity index (χ3v) is 5.26. The van der Waals surface area contributed by atoms with Crippen LogP contribution < -0.4 is 0 Å². The molecule has 8 heteroatoms. The molecule has 3 nitrogen and oxygen atoms in total. The molecule has 3 rings (SSSR count). The van der Waals surface area contributed by atoms with Crippen molar-refractivity contribution in [3.63, 3.8) is 0 Å². The topological polar surface area (TPSA) is 27.1 Å². The molecule has 1 aliphatic rings. The maximum absolute atomic E-state index is 14.7. The van der Waals surface area contributed by atoms with Gasteiger partial charge < -0.3 is 4.74 Å². The molecule has 0 N–H and O–H groups in total. The zero-order valence-corrected chi connectivity index (χ0v) is 16.5. The van der Waals surface area contributed by atoms with Crippen LogP contribution in [0.2, 0.25) is 0 Å². The van der Waals surface area contributed by atoms with E-state index in [1.54, 1.807) is 17.7 Å². The number of nitrogens with zero attached hydrogens (tertiary/aromatic N) is 2. The lowest BCUT2D eigenvalue weighted by molar-refractivity contribution is -0.180. The van der Waals surface area contributed by atoms with Crippen LogP contribution in [0.5, 0.6) is 0 Å². The van der Waals surface area contributed by atoms with Gasteiger partial charge in [0.2, 0.25) is 0 Å². The maximum Gasteiger partial charge on any atom is 0.398 e. The number of hydrogen-bond donors (Lipinski definition) is 0. The number of benzene rings is 1. The minimum atomic E-state index is -4.61. The summed E-state index contributed by atoms with van der Waals surface area (Å²) in [5, 5.41) is 4.25. The van der Waals surface area contributed by atoms with E-state index in [0.717, 1.165) is 57.0 Å². The van der Waals surface area contributed by atoms with Crippen molar-refractivity contribution in [1.82, 2.24) is 9.78 Å². The largest absolute Gasteiger partial charge is 0.398 e. The molecule has 1 aromatic heterocycles. The molecule has 2 aromatic rings. The first-order valence-electron chi connectivity index (χ1n) is 9.43. The van der Waals surface area contributed by atoms with Gasteiger partial charge in [0, 0.05) is 17.9 Å². The summed E-state index contributed by atoms with van der Waals surface area (Å²) in [6.45, 7) is 4.22. The van der Waals surface area contributed by atoms with Gasteiger partial charge in [-0.05, 0) is 63.8 Å². The van der Waals surface area contributed by atoms with E-state index < -0.39 is 28.8 Å². The fourth-order valence-corrected chi connectivity index (χ4v) is 3.31. The molecule has 0 saturated carbocycles. The van der Waals surface area contributed by atoms with Gasteiger partial charge in [0.1, 0.15) is 17.7 Å². The Morgan fingerprint density at radius 3 is 2.52 bits per heavy atom. The average molecular weight is 414 g/mol. The first-order valence-corrected chi connectivity index (χ1v) is 9.43. The standard InChI is InChI=1S/C21H23F5N2O/c1-13-10-18(27-28(13)19-6-4-5-9-29-19)17(23)12-14-7-8-15(16(22)11-14)20(2,3)21(24,25)26/h7-8,10-12,19H,4-6,9H2,1-3H3.